The van der Waals surface area contributed by atoms with Crippen molar-refractivity contribution in [1.29, 1.82) is 0 Å². The number of hydrogen-bond donors (Lipinski definition) is 1. The molecule has 4 rings (SSSR count). The van der Waals surface area contributed by atoms with E-state index in [4.69, 9.17) is 9.47 Å². The van der Waals surface area contributed by atoms with Gasteiger partial charge in [-0.25, -0.2) is 0 Å². The molecule has 1 aromatic carbocycles. The van der Waals surface area contributed by atoms with Gasteiger partial charge < -0.3 is 24.4 Å². The first-order valence-corrected chi connectivity index (χ1v) is 9.49. The second-order valence-corrected chi connectivity index (χ2v) is 7.78. The minimum Gasteiger partial charge on any atom is -0.495 e. The predicted molar refractivity (Wildman–Crippen MR) is 99.0 cm³/mol. The highest BCUT2D eigenvalue weighted by atomic mass is 16.5. The average Bonchev–Trinajstić information content (AvgIpc) is 3.29. The maximum Gasteiger partial charge on any atom is 0.311 e. The fourth-order valence-electron chi connectivity index (χ4n) is 4.68. The first-order valence-electron chi connectivity index (χ1n) is 9.49. The number of carboxylic acids is 1. The van der Waals surface area contributed by atoms with Crippen molar-refractivity contribution in [2.75, 3.05) is 44.9 Å². The van der Waals surface area contributed by atoms with Crippen LogP contribution >= 0.6 is 0 Å². The Morgan fingerprint density at radius 1 is 1.29 bits per heavy atom. The lowest BCUT2D eigenvalue weighted by Gasteiger charge is -2.33. The Bertz CT molecular complexity index is 812. The zero-order valence-electron chi connectivity index (χ0n) is 15.8. The van der Waals surface area contributed by atoms with Crippen LogP contribution in [0.3, 0.4) is 0 Å². The van der Waals surface area contributed by atoms with Gasteiger partial charge in [0.25, 0.3) is 0 Å². The lowest BCUT2D eigenvalue weighted by atomic mass is 9.74. The largest absolute Gasteiger partial charge is 0.495 e. The van der Waals surface area contributed by atoms with E-state index < -0.39 is 17.3 Å². The van der Waals surface area contributed by atoms with E-state index in [2.05, 4.69) is 0 Å². The molecule has 3 heterocycles. The van der Waals surface area contributed by atoms with E-state index >= 15 is 0 Å². The van der Waals surface area contributed by atoms with Crippen molar-refractivity contribution in [1.82, 2.24) is 4.90 Å². The quantitative estimate of drug-likeness (QED) is 0.827. The van der Waals surface area contributed by atoms with E-state index in [1.54, 1.807) is 29.0 Å². The highest BCUT2D eigenvalue weighted by Gasteiger charge is 2.55. The van der Waals surface area contributed by atoms with Crippen LogP contribution in [0.1, 0.15) is 12.8 Å². The predicted octanol–water partition coefficient (Wildman–Crippen LogP) is 0.998. The number of hydrogen-bond acceptors (Lipinski definition) is 5. The normalized spacial score (nSPS) is 29.7. The van der Waals surface area contributed by atoms with Crippen LogP contribution in [0.4, 0.5) is 5.69 Å². The standard InChI is InChI=1S/C20H24N2O6/c1-27-16-5-3-2-4-15(16)22-9-13(8-17(22)23)18(24)21-10-14-11-28-7-6-20(14,12-21)19(25)26/h2-5,13-14H,6-12H2,1H3,(H,25,26)/t13?,14-,20+/m0/s1. The number of likely N-dealkylation sites (tertiary alicyclic amines) is 1. The van der Waals surface area contributed by atoms with Gasteiger partial charge >= 0.3 is 5.97 Å². The van der Waals surface area contributed by atoms with Crippen molar-refractivity contribution in [3.63, 3.8) is 0 Å². The molecule has 3 fully saturated rings. The molecule has 3 aliphatic heterocycles. The molecule has 1 unspecified atom stereocenters. The molecule has 0 spiro atoms. The zero-order valence-corrected chi connectivity index (χ0v) is 15.8. The number of para-hydroxylation sites is 2. The number of methoxy groups -OCH3 is 1. The monoisotopic (exact) mass is 388 g/mol. The number of ether oxygens (including phenoxy) is 2. The van der Waals surface area contributed by atoms with Crippen molar-refractivity contribution < 1.29 is 29.0 Å². The topological polar surface area (TPSA) is 96.4 Å². The minimum atomic E-state index is -0.932. The van der Waals surface area contributed by atoms with Crippen LogP contribution in [-0.4, -0.2) is 67.7 Å². The van der Waals surface area contributed by atoms with E-state index in [-0.39, 0.29) is 37.2 Å². The summed E-state index contributed by atoms with van der Waals surface area (Å²) in [7, 11) is 1.54. The van der Waals surface area contributed by atoms with Crippen molar-refractivity contribution in [2.45, 2.75) is 12.8 Å². The van der Waals surface area contributed by atoms with Crippen LogP contribution in [0, 0.1) is 17.3 Å². The molecule has 8 nitrogen and oxygen atoms in total. The number of anilines is 1. The first kappa shape index (κ1) is 18.7. The Morgan fingerprint density at radius 3 is 2.79 bits per heavy atom. The summed E-state index contributed by atoms with van der Waals surface area (Å²) in [6.07, 6.45) is 0.530. The number of carbonyl (C=O) groups is 3. The maximum absolute atomic E-state index is 13.1. The van der Waals surface area contributed by atoms with E-state index in [0.29, 0.717) is 37.6 Å². The lowest BCUT2D eigenvalue weighted by Crippen LogP contribution is -2.45. The Balaban J connectivity index is 1.51. The van der Waals surface area contributed by atoms with Crippen molar-refractivity contribution in [3.8, 4) is 5.75 Å². The number of aliphatic carboxylic acids is 1. The molecule has 150 valence electrons. The molecule has 1 N–H and O–H groups in total. The Labute approximate surface area is 163 Å². The fraction of sp³-hybridized carbons (Fsp3) is 0.550. The highest BCUT2D eigenvalue weighted by molar-refractivity contribution is 6.01. The van der Waals surface area contributed by atoms with E-state index in [1.807, 2.05) is 12.1 Å². The molecule has 3 saturated heterocycles. The van der Waals surface area contributed by atoms with Crippen molar-refractivity contribution in [2.24, 2.45) is 17.3 Å². The molecule has 2 amide bonds. The lowest BCUT2D eigenvalue weighted by molar-refractivity contribution is -0.157. The summed E-state index contributed by atoms with van der Waals surface area (Å²) < 4.78 is 10.8. The van der Waals surface area contributed by atoms with E-state index in [1.165, 1.54) is 0 Å². The third kappa shape index (κ3) is 2.92. The van der Waals surface area contributed by atoms with Gasteiger partial charge in [0.2, 0.25) is 11.8 Å². The number of benzene rings is 1. The summed E-state index contributed by atoms with van der Waals surface area (Å²) in [4.78, 5) is 40.8. The minimum absolute atomic E-state index is 0.120. The van der Waals surface area contributed by atoms with Gasteiger partial charge in [0.1, 0.15) is 5.75 Å². The van der Waals surface area contributed by atoms with E-state index in [9.17, 15) is 19.5 Å². The van der Waals surface area contributed by atoms with Gasteiger partial charge in [-0.2, -0.15) is 0 Å². The Morgan fingerprint density at radius 2 is 2.07 bits per heavy atom. The second-order valence-electron chi connectivity index (χ2n) is 7.78. The molecule has 3 aliphatic rings. The van der Waals surface area contributed by atoms with Gasteiger partial charge in [-0.1, -0.05) is 12.1 Å². The number of rotatable bonds is 4. The SMILES string of the molecule is COc1ccccc1N1CC(C(=O)N2C[C@H]3COCC[C@@]3(C(=O)O)C2)CC1=O. The van der Waals surface area contributed by atoms with Gasteiger partial charge in [0.15, 0.2) is 0 Å². The van der Waals surface area contributed by atoms with Crippen molar-refractivity contribution >= 4 is 23.5 Å². The molecule has 0 radical (unpaired) electrons. The number of carboxylic acid groups (broad SMARTS) is 1. The second kappa shape index (κ2) is 7.09. The smallest absolute Gasteiger partial charge is 0.311 e. The van der Waals surface area contributed by atoms with Crippen molar-refractivity contribution in [3.05, 3.63) is 24.3 Å². The van der Waals surface area contributed by atoms with Gasteiger partial charge in [-0.3, -0.25) is 14.4 Å². The van der Waals surface area contributed by atoms with Crippen LogP contribution in [0.5, 0.6) is 5.75 Å². The number of amides is 2. The van der Waals surface area contributed by atoms with Crippen LogP contribution < -0.4 is 9.64 Å². The van der Waals surface area contributed by atoms with Crippen LogP contribution in [0.2, 0.25) is 0 Å². The van der Waals surface area contributed by atoms with Gasteiger partial charge in [0, 0.05) is 38.6 Å². The molecular weight excluding hydrogens is 364 g/mol. The molecule has 0 saturated carbocycles. The molecule has 1 aromatic rings. The molecular formula is C20H24N2O6. The molecule has 0 bridgehead atoms. The summed E-state index contributed by atoms with van der Waals surface area (Å²) in [5.41, 5.74) is -0.283. The summed E-state index contributed by atoms with van der Waals surface area (Å²) >= 11 is 0. The third-order valence-electron chi connectivity index (χ3n) is 6.29. The zero-order chi connectivity index (χ0) is 19.9. The van der Waals surface area contributed by atoms with Crippen LogP contribution in [-0.2, 0) is 19.1 Å². The number of fused-ring (bicyclic) bond motifs is 1. The average molecular weight is 388 g/mol. The van der Waals surface area contributed by atoms with E-state index in [0.717, 1.165) is 0 Å². The van der Waals surface area contributed by atoms with Gasteiger partial charge in [-0.15, -0.1) is 0 Å². The fourth-order valence-corrected chi connectivity index (χ4v) is 4.68. The Kier molecular flexibility index (Phi) is 4.74. The highest BCUT2D eigenvalue weighted by Crippen LogP contribution is 2.43. The number of carbonyl (C=O) groups excluding carboxylic acids is 2. The first-order chi connectivity index (χ1) is 13.5. The molecule has 0 aromatic heterocycles. The summed E-state index contributed by atoms with van der Waals surface area (Å²) in [6, 6.07) is 7.22. The number of nitrogens with zero attached hydrogens (tertiary/aromatic N) is 2. The van der Waals surface area contributed by atoms with Crippen LogP contribution in [0.25, 0.3) is 0 Å². The molecule has 0 aliphatic carbocycles. The molecule has 28 heavy (non-hydrogen) atoms. The summed E-state index contributed by atoms with van der Waals surface area (Å²) in [5, 5.41) is 9.78. The third-order valence-corrected chi connectivity index (χ3v) is 6.29. The molecule has 8 heteroatoms. The van der Waals surface area contributed by atoms with Gasteiger partial charge in [0.05, 0.1) is 30.7 Å². The summed E-state index contributed by atoms with van der Waals surface area (Å²) in [5.74, 6) is -1.25. The summed E-state index contributed by atoms with van der Waals surface area (Å²) in [6.45, 7) is 1.58. The van der Waals surface area contributed by atoms with Crippen LogP contribution in [0.15, 0.2) is 24.3 Å². The Hall–Kier alpha value is -2.61. The molecule has 3 atom stereocenters. The maximum atomic E-state index is 13.1. The van der Waals surface area contributed by atoms with Gasteiger partial charge in [-0.05, 0) is 18.6 Å².